The Morgan fingerprint density at radius 2 is 1.67 bits per heavy atom. The van der Waals surface area contributed by atoms with Crippen molar-refractivity contribution in [3.8, 4) is 0 Å². The minimum atomic E-state index is -5.06. The lowest BCUT2D eigenvalue weighted by Crippen LogP contribution is -2.56. The first-order chi connectivity index (χ1) is 21.4. The maximum atomic E-state index is 13.7. The van der Waals surface area contributed by atoms with Gasteiger partial charge in [-0.05, 0) is 43.2 Å². The number of benzene rings is 2. The lowest BCUT2D eigenvalue weighted by Gasteiger charge is -2.41. The zero-order valence-electron chi connectivity index (χ0n) is 24.8. The molecule has 1 N–H and O–H groups in total. The van der Waals surface area contributed by atoms with Crippen LogP contribution in [0.1, 0.15) is 34.0 Å². The van der Waals surface area contributed by atoms with Crippen molar-refractivity contribution in [1.82, 2.24) is 19.7 Å². The van der Waals surface area contributed by atoms with Gasteiger partial charge in [0.15, 0.2) is 0 Å². The number of para-hydroxylation sites is 1. The number of rotatable bonds is 9. The van der Waals surface area contributed by atoms with Crippen LogP contribution in [0.5, 0.6) is 0 Å². The fraction of sp³-hybridized carbons (Fsp3) is 0.484. The van der Waals surface area contributed by atoms with E-state index in [0.29, 0.717) is 63.7 Å². The van der Waals surface area contributed by atoms with Crippen LogP contribution in [0.2, 0.25) is 0 Å². The van der Waals surface area contributed by atoms with Crippen molar-refractivity contribution in [2.75, 3.05) is 65.6 Å². The van der Waals surface area contributed by atoms with Gasteiger partial charge in [0.2, 0.25) is 0 Å². The van der Waals surface area contributed by atoms with Crippen LogP contribution in [0, 0.1) is 0 Å². The molecule has 0 spiro atoms. The van der Waals surface area contributed by atoms with E-state index in [1.165, 1.54) is 4.90 Å². The normalized spacial score (nSPS) is 19.3. The second-order valence-electron chi connectivity index (χ2n) is 11.4. The molecule has 5 rings (SSSR count). The first-order valence-electron chi connectivity index (χ1n) is 14.7. The van der Waals surface area contributed by atoms with Crippen molar-refractivity contribution in [2.45, 2.75) is 31.7 Å². The number of aromatic nitrogens is 1. The molecule has 244 valence electrons. The van der Waals surface area contributed by atoms with Crippen LogP contribution < -0.4 is 0 Å². The van der Waals surface area contributed by atoms with Gasteiger partial charge in [-0.25, -0.2) is 0 Å². The number of amides is 1. The Morgan fingerprint density at radius 1 is 0.978 bits per heavy atom. The Labute approximate surface area is 256 Å². The van der Waals surface area contributed by atoms with Gasteiger partial charge in [0.05, 0.1) is 30.1 Å². The smallest absolute Gasteiger partial charge is 0.394 e. The quantitative estimate of drug-likeness (QED) is 0.149. The summed E-state index contributed by atoms with van der Waals surface area (Å²) in [7, 11) is 0. The number of carbonyl (C=O) groups is 1. The van der Waals surface area contributed by atoms with Crippen LogP contribution in [0.25, 0.3) is 10.9 Å². The largest absolute Gasteiger partial charge is 0.416 e. The Hall–Kier alpha value is -3.62. The molecule has 1 aromatic heterocycles. The predicted octanol–water partition coefficient (Wildman–Crippen LogP) is 5.30. The van der Waals surface area contributed by atoms with Crippen LogP contribution in [-0.4, -0.2) is 103 Å². The van der Waals surface area contributed by atoms with Crippen LogP contribution in [0.3, 0.4) is 0 Å². The number of aromatic amines is 1. The minimum absolute atomic E-state index is 0.0310. The van der Waals surface area contributed by atoms with Crippen molar-refractivity contribution in [2.24, 2.45) is 5.16 Å². The van der Waals surface area contributed by atoms with E-state index in [9.17, 15) is 31.1 Å². The van der Waals surface area contributed by atoms with Gasteiger partial charge in [0, 0.05) is 74.5 Å². The van der Waals surface area contributed by atoms with Gasteiger partial charge in [-0.15, -0.1) is 0 Å². The van der Waals surface area contributed by atoms with Gasteiger partial charge in [-0.3, -0.25) is 14.6 Å². The molecule has 0 saturated carbocycles. The van der Waals surface area contributed by atoms with E-state index in [2.05, 4.69) is 19.9 Å². The number of hydrogen-bond acceptors (Lipinski definition) is 6. The van der Waals surface area contributed by atoms with Gasteiger partial charge in [0.1, 0.15) is 6.61 Å². The summed E-state index contributed by atoms with van der Waals surface area (Å²) in [6.45, 7) is 7.22. The topological polar surface area (TPSA) is 73.4 Å². The molecule has 0 aliphatic carbocycles. The van der Waals surface area contributed by atoms with Crippen molar-refractivity contribution in [3.05, 3.63) is 70.9 Å². The predicted molar refractivity (Wildman–Crippen MR) is 156 cm³/mol. The van der Waals surface area contributed by atoms with Crippen LogP contribution in [0.4, 0.5) is 26.3 Å². The van der Waals surface area contributed by atoms with E-state index in [4.69, 9.17) is 9.57 Å². The molecule has 3 aromatic rings. The minimum Gasteiger partial charge on any atom is -0.394 e. The first kappa shape index (κ1) is 32.8. The lowest BCUT2D eigenvalue weighted by molar-refractivity contribution is -0.143. The van der Waals surface area contributed by atoms with Crippen LogP contribution in [0.15, 0.2) is 53.8 Å². The number of piperazine rings is 1. The summed E-state index contributed by atoms with van der Waals surface area (Å²) in [4.78, 5) is 28.1. The average Bonchev–Trinajstić information content (AvgIpc) is 3.41. The summed E-state index contributed by atoms with van der Waals surface area (Å²) in [5, 5.41) is 5.15. The maximum Gasteiger partial charge on any atom is 0.416 e. The van der Waals surface area contributed by atoms with Crippen LogP contribution in [-0.2, 0) is 28.3 Å². The Balaban J connectivity index is 1.34. The van der Waals surface area contributed by atoms with E-state index < -0.39 is 41.0 Å². The summed E-state index contributed by atoms with van der Waals surface area (Å²) in [5.74, 6) is -0.882. The lowest BCUT2D eigenvalue weighted by atomic mass is 9.98. The number of morpholine rings is 1. The van der Waals surface area contributed by atoms with Gasteiger partial charge in [-0.1, -0.05) is 23.4 Å². The molecular formula is C31H35F6N5O3. The Morgan fingerprint density at radius 3 is 2.36 bits per heavy atom. The summed E-state index contributed by atoms with van der Waals surface area (Å²) in [6, 6.07) is 8.05. The molecule has 8 nitrogen and oxygen atoms in total. The number of H-pyrrole nitrogens is 1. The SMILES string of the molecule is C/C(CN1CCN(C(=O)c2cc(C(F)(F)F)cc(C(F)(F)F)c2)C(Cc2c[nH]c3ccccc23)C1)=N/OCCN1CCOCC1. The number of hydrogen-bond donors (Lipinski definition) is 1. The standard InChI is InChI=1S/C31H35F6N5O3/c1-21(39-45-13-10-40-8-11-44-12-9-40)19-41-6-7-42(26(20-41)16-23-18-38-28-5-3-2-4-27(23)28)29(43)22-14-24(30(32,33)34)17-25(15-22)31(35,36)37/h2-5,14-15,17-18,26,38H,6-13,16,19-20H2,1H3/b39-21-. The molecule has 3 heterocycles. The van der Waals surface area contributed by atoms with Crippen molar-refractivity contribution in [3.63, 3.8) is 0 Å². The zero-order chi connectivity index (χ0) is 32.2. The fourth-order valence-corrected chi connectivity index (χ4v) is 5.81. The summed E-state index contributed by atoms with van der Waals surface area (Å²) in [6.07, 6.45) is -7.96. The molecule has 1 unspecified atom stereocenters. The Kier molecular flexibility index (Phi) is 10.0. The van der Waals surface area contributed by atoms with Crippen LogP contribution >= 0.6 is 0 Å². The average molecular weight is 640 g/mol. The number of halogens is 6. The number of ether oxygens (including phenoxy) is 1. The molecular weight excluding hydrogens is 604 g/mol. The number of fused-ring (bicyclic) bond motifs is 1. The van der Waals surface area contributed by atoms with Gasteiger partial charge in [0.25, 0.3) is 5.91 Å². The van der Waals surface area contributed by atoms with E-state index in [0.717, 1.165) is 36.1 Å². The highest BCUT2D eigenvalue weighted by Gasteiger charge is 2.39. The molecule has 2 aliphatic heterocycles. The molecule has 45 heavy (non-hydrogen) atoms. The second-order valence-corrected chi connectivity index (χ2v) is 11.4. The molecule has 2 fully saturated rings. The molecule has 1 atom stereocenters. The molecule has 0 radical (unpaired) electrons. The van der Waals surface area contributed by atoms with Gasteiger partial charge in [-0.2, -0.15) is 26.3 Å². The number of nitrogens with one attached hydrogen (secondary N) is 1. The summed E-state index contributed by atoms with van der Waals surface area (Å²) in [5.41, 5.74) is -1.23. The molecule has 1 amide bonds. The third-order valence-corrected chi connectivity index (χ3v) is 8.07. The highest BCUT2D eigenvalue weighted by molar-refractivity contribution is 5.95. The monoisotopic (exact) mass is 639 g/mol. The first-order valence-corrected chi connectivity index (χ1v) is 14.7. The summed E-state index contributed by atoms with van der Waals surface area (Å²) >= 11 is 0. The number of carbonyl (C=O) groups excluding carboxylic acids is 1. The van der Waals surface area contributed by atoms with Gasteiger partial charge < -0.3 is 19.5 Å². The molecule has 0 bridgehead atoms. The fourth-order valence-electron chi connectivity index (χ4n) is 5.81. The molecule has 14 heteroatoms. The number of nitrogens with zero attached hydrogens (tertiary/aromatic N) is 4. The molecule has 2 aromatic carbocycles. The van der Waals surface area contributed by atoms with E-state index in [1.807, 2.05) is 37.4 Å². The highest BCUT2D eigenvalue weighted by Crippen LogP contribution is 2.37. The third kappa shape index (κ3) is 8.35. The van der Waals surface area contributed by atoms with Crippen molar-refractivity contribution in [1.29, 1.82) is 0 Å². The second kappa shape index (κ2) is 13.8. The molecule has 2 aliphatic rings. The number of oxime groups is 1. The van der Waals surface area contributed by atoms with Crippen molar-refractivity contribution >= 4 is 22.5 Å². The van der Waals surface area contributed by atoms with Gasteiger partial charge >= 0.3 is 12.4 Å². The maximum absolute atomic E-state index is 13.7. The third-order valence-electron chi connectivity index (χ3n) is 8.07. The zero-order valence-corrected chi connectivity index (χ0v) is 24.8. The Bertz CT molecular complexity index is 1470. The molecule has 2 saturated heterocycles. The van der Waals surface area contributed by atoms with E-state index in [1.54, 1.807) is 0 Å². The van der Waals surface area contributed by atoms with E-state index in [-0.39, 0.29) is 12.6 Å². The van der Waals surface area contributed by atoms with E-state index >= 15 is 0 Å². The van der Waals surface area contributed by atoms with Crippen molar-refractivity contribution < 1.29 is 40.7 Å². The number of alkyl halides is 6. The highest BCUT2D eigenvalue weighted by atomic mass is 19.4. The summed E-state index contributed by atoms with van der Waals surface area (Å²) < 4.78 is 86.7.